The van der Waals surface area contributed by atoms with Crippen molar-refractivity contribution >= 4 is 17.6 Å². The van der Waals surface area contributed by atoms with Gasteiger partial charge in [-0.25, -0.2) is 0 Å². The number of rotatable bonds is 6. The molecule has 0 saturated heterocycles. The number of thiophene rings is 1. The van der Waals surface area contributed by atoms with Gasteiger partial charge in [-0.3, -0.25) is 4.90 Å². The Morgan fingerprint density at radius 2 is 2.43 bits per heavy atom. The van der Waals surface area contributed by atoms with Crippen molar-refractivity contribution in [2.24, 2.45) is 0 Å². The van der Waals surface area contributed by atoms with E-state index in [1.165, 1.54) is 17.7 Å². The first-order chi connectivity index (χ1) is 6.90. The van der Waals surface area contributed by atoms with Gasteiger partial charge in [0.2, 0.25) is 0 Å². The second kappa shape index (κ2) is 4.71. The fourth-order valence-electron chi connectivity index (χ4n) is 1.65. The molecule has 3 heteroatoms. The van der Waals surface area contributed by atoms with E-state index in [1.807, 2.05) is 0 Å². The topological polar surface area (TPSA) is 20.3 Å². The number of carbonyl (C=O) groups is 1. The van der Waals surface area contributed by atoms with Crippen LogP contribution in [-0.2, 0) is 11.3 Å². The van der Waals surface area contributed by atoms with Gasteiger partial charge < -0.3 is 4.79 Å². The molecule has 0 bridgehead atoms. The summed E-state index contributed by atoms with van der Waals surface area (Å²) in [5.74, 6) is 0. The molecule has 1 aliphatic carbocycles. The molecule has 1 aromatic rings. The summed E-state index contributed by atoms with van der Waals surface area (Å²) in [7, 11) is 0. The Kier molecular flexibility index (Phi) is 3.32. The molecule has 0 unspecified atom stereocenters. The molecule has 1 heterocycles. The predicted octanol–water partition coefficient (Wildman–Crippen LogP) is 2.30. The van der Waals surface area contributed by atoms with Gasteiger partial charge in [0.25, 0.3) is 0 Å². The van der Waals surface area contributed by atoms with Crippen LogP contribution in [0.15, 0.2) is 17.5 Å². The van der Waals surface area contributed by atoms with Crippen LogP contribution >= 0.6 is 11.3 Å². The van der Waals surface area contributed by atoms with E-state index >= 15 is 0 Å². The van der Waals surface area contributed by atoms with Gasteiger partial charge in [-0.15, -0.1) is 11.3 Å². The third-order valence-corrected chi connectivity index (χ3v) is 3.40. The van der Waals surface area contributed by atoms with E-state index in [4.69, 9.17) is 0 Å². The zero-order valence-electron chi connectivity index (χ0n) is 8.19. The Morgan fingerprint density at radius 3 is 3.00 bits per heavy atom. The minimum atomic E-state index is 0.669. The molecule has 0 aliphatic heterocycles. The second-order valence-electron chi connectivity index (χ2n) is 3.74. The fraction of sp³-hybridized carbons (Fsp3) is 0.545. The largest absolute Gasteiger partial charge is 0.303 e. The Hall–Kier alpha value is -0.670. The number of hydrogen-bond acceptors (Lipinski definition) is 3. The van der Waals surface area contributed by atoms with Crippen molar-refractivity contribution in [2.45, 2.75) is 31.8 Å². The van der Waals surface area contributed by atoms with E-state index in [1.54, 1.807) is 11.3 Å². The van der Waals surface area contributed by atoms with Gasteiger partial charge in [0.05, 0.1) is 0 Å². The fourth-order valence-corrected chi connectivity index (χ4v) is 2.38. The lowest BCUT2D eigenvalue weighted by atomic mass is 10.3. The summed E-state index contributed by atoms with van der Waals surface area (Å²) in [5, 5.41) is 2.11. The zero-order valence-corrected chi connectivity index (χ0v) is 9.00. The standard InChI is InChI=1S/C11H15NOS/c13-7-2-6-12(10-4-5-10)9-11-3-1-8-14-11/h1,3,7-8,10H,2,4-6,9H2. The molecular formula is C11H15NOS. The Morgan fingerprint density at radius 1 is 1.57 bits per heavy atom. The molecule has 0 amide bonds. The summed E-state index contributed by atoms with van der Waals surface area (Å²) >= 11 is 1.80. The molecule has 0 spiro atoms. The lowest BCUT2D eigenvalue weighted by molar-refractivity contribution is -0.108. The van der Waals surface area contributed by atoms with Crippen molar-refractivity contribution in [3.63, 3.8) is 0 Å². The van der Waals surface area contributed by atoms with Gasteiger partial charge in [-0.1, -0.05) is 6.07 Å². The van der Waals surface area contributed by atoms with Crippen molar-refractivity contribution in [3.8, 4) is 0 Å². The highest BCUT2D eigenvalue weighted by Gasteiger charge is 2.28. The molecule has 2 nitrogen and oxygen atoms in total. The average Bonchev–Trinajstić information content (AvgIpc) is 2.92. The van der Waals surface area contributed by atoms with Crippen LogP contribution in [0.2, 0.25) is 0 Å². The van der Waals surface area contributed by atoms with Crippen LogP contribution in [0.25, 0.3) is 0 Å². The second-order valence-corrected chi connectivity index (χ2v) is 4.77. The lowest BCUT2D eigenvalue weighted by Crippen LogP contribution is -2.26. The van der Waals surface area contributed by atoms with E-state index in [2.05, 4.69) is 22.4 Å². The van der Waals surface area contributed by atoms with Gasteiger partial charge >= 0.3 is 0 Å². The third kappa shape index (κ3) is 2.66. The molecule has 1 saturated carbocycles. The number of aldehydes is 1. The minimum Gasteiger partial charge on any atom is -0.303 e. The van der Waals surface area contributed by atoms with Crippen LogP contribution in [0.4, 0.5) is 0 Å². The monoisotopic (exact) mass is 209 g/mol. The van der Waals surface area contributed by atoms with E-state index in [-0.39, 0.29) is 0 Å². The maximum absolute atomic E-state index is 10.3. The van der Waals surface area contributed by atoms with E-state index in [0.717, 1.165) is 25.4 Å². The van der Waals surface area contributed by atoms with Crippen molar-refractivity contribution < 1.29 is 4.79 Å². The van der Waals surface area contributed by atoms with Gasteiger partial charge in [0.15, 0.2) is 0 Å². The molecular weight excluding hydrogens is 194 g/mol. The molecule has 1 aliphatic rings. The van der Waals surface area contributed by atoms with Gasteiger partial charge in [-0.2, -0.15) is 0 Å². The summed E-state index contributed by atoms with van der Waals surface area (Å²) in [6.45, 7) is 1.95. The average molecular weight is 209 g/mol. The number of nitrogens with zero attached hydrogens (tertiary/aromatic N) is 1. The normalized spacial score (nSPS) is 16.1. The molecule has 0 N–H and O–H groups in total. The van der Waals surface area contributed by atoms with Gasteiger partial charge in [0, 0.05) is 30.4 Å². The van der Waals surface area contributed by atoms with E-state index < -0.39 is 0 Å². The van der Waals surface area contributed by atoms with E-state index in [9.17, 15) is 4.79 Å². The van der Waals surface area contributed by atoms with Gasteiger partial charge in [0.1, 0.15) is 6.29 Å². The molecule has 76 valence electrons. The smallest absolute Gasteiger partial charge is 0.121 e. The van der Waals surface area contributed by atoms with Crippen LogP contribution in [0, 0.1) is 0 Å². The summed E-state index contributed by atoms with van der Waals surface area (Å²) in [4.78, 5) is 14.2. The van der Waals surface area contributed by atoms with Crippen molar-refractivity contribution in [3.05, 3.63) is 22.4 Å². The first-order valence-corrected chi connectivity index (χ1v) is 5.98. The Bertz CT molecular complexity index is 279. The lowest BCUT2D eigenvalue weighted by Gasteiger charge is -2.19. The predicted molar refractivity (Wildman–Crippen MR) is 58.4 cm³/mol. The Balaban J connectivity index is 1.87. The van der Waals surface area contributed by atoms with Crippen LogP contribution in [0.1, 0.15) is 24.1 Å². The quantitative estimate of drug-likeness (QED) is 0.670. The molecule has 0 atom stereocenters. The highest BCUT2D eigenvalue weighted by molar-refractivity contribution is 7.09. The molecule has 2 rings (SSSR count). The summed E-state index contributed by atoms with van der Waals surface area (Å²) < 4.78 is 0. The van der Waals surface area contributed by atoms with Crippen molar-refractivity contribution in [2.75, 3.05) is 6.54 Å². The molecule has 1 aromatic heterocycles. The third-order valence-electron chi connectivity index (χ3n) is 2.54. The minimum absolute atomic E-state index is 0.669. The summed E-state index contributed by atoms with van der Waals surface area (Å²) in [6.07, 6.45) is 4.31. The molecule has 0 aromatic carbocycles. The first kappa shape index (κ1) is 9.87. The van der Waals surface area contributed by atoms with Crippen LogP contribution < -0.4 is 0 Å². The molecule has 14 heavy (non-hydrogen) atoms. The van der Waals surface area contributed by atoms with Gasteiger partial charge in [-0.05, 0) is 24.3 Å². The van der Waals surface area contributed by atoms with Crippen molar-refractivity contribution in [1.29, 1.82) is 0 Å². The van der Waals surface area contributed by atoms with E-state index in [0.29, 0.717) is 6.42 Å². The molecule has 1 fully saturated rings. The van der Waals surface area contributed by atoms with Crippen LogP contribution in [-0.4, -0.2) is 23.8 Å². The number of hydrogen-bond donors (Lipinski definition) is 0. The summed E-state index contributed by atoms with van der Waals surface area (Å²) in [5.41, 5.74) is 0. The van der Waals surface area contributed by atoms with Crippen molar-refractivity contribution in [1.82, 2.24) is 4.90 Å². The molecule has 0 radical (unpaired) electrons. The maximum atomic E-state index is 10.3. The zero-order chi connectivity index (χ0) is 9.80. The maximum Gasteiger partial charge on any atom is 0.121 e. The van der Waals surface area contributed by atoms with Crippen LogP contribution in [0.3, 0.4) is 0 Å². The first-order valence-electron chi connectivity index (χ1n) is 5.10. The Labute approximate surface area is 88.5 Å². The SMILES string of the molecule is O=CCCN(Cc1cccs1)C1CC1. The van der Waals surface area contributed by atoms with Crippen LogP contribution in [0.5, 0.6) is 0 Å². The summed E-state index contributed by atoms with van der Waals surface area (Å²) in [6, 6.07) is 5.00. The number of carbonyl (C=O) groups excluding carboxylic acids is 1. The highest BCUT2D eigenvalue weighted by Crippen LogP contribution is 2.28. The highest BCUT2D eigenvalue weighted by atomic mass is 32.1.